The Labute approximate surface area is 114 Å². The Hall–Kier alpha value is -1.42. The summed E-state index contributed by atoms with van der Waals surface area (Å²) in [6.07, 6.45) is 3.21. The number of pyridine rings is 1. The van der Waals surface area contributed by atoms with Gasteiger partial charge in [0.1, 0.15) is 6.61 Å². The molecular formula is C15H22N2O2. The smallest absolute Gasteiger partial charge is 0.248 e. The third-order valence-electron chi connectivity index (χ3n) is 3.58. The number of methoxy groups -OCH3 is 1. The zero-order valence-corrected chi connectivity index (χ0v) is 11.8. The van der Waals surface area contributed by atoms with Gasteiger partial charge >= 0.3 is 0 Å². The van der Waals surface area contributed by atoms with Crippen LogP contribution in [0.4, 0.5) is 0 Å². The highest BCUT2D eigenvalue weighted by Crippen LogP contribution is 2.20. The fourth-order valence-corrected chi connectivity index (χ4v) is 2.68. The number of carbonyl (C=O) groups excluding carboxylic acids is 1. The Kier molecular flexibility index (Phi) is 4.91. The summed E-state index contributed by atoms with van der Waals surface area (Å²) in [4.78, 5) is 18.3. The topological polar surface area (TPSA) is 42.4 Å². The largest absolute Gasteiger partial charge is 0.375 e. The third kappa shape index (κ3) is 4.03. The first kappa shape index (κ1) is 14.0. The minimum atomic E-state index is 0.101. The van der Waals surface area contributed by atoms with Crippen molar-refractivity contribution in [1.29, 1.82) is 0 Å². The number of aryl methyl sites for hydroxylation is 1. The molecule has 0 aromatic carbocycles. The van der Waals surface area contributed by atoms with Crippen LogP contribution in [0.25, 0.3) is 0 Å². The highest BCUT2D eigenvalue weighted by atomic mass is 16.5. The average molecular weight is 262 g/mol. The SMILES string of the molecule is COCC(=O)N1CCC[C@H](Cc2cccc(C)n2)C1. The number of carbonyl (C=O) groups is 1. The number of piperidine rings is 1. The molecule has 1 aliphatic rings. The van der Waals surface area contributed by atoms with Crippen LogP contribution in [0.5, 0.6) is 0 Å². The first-order valence-electron chi connectivity index (χ1n) is 6.88. The minimum Gasteiger partial charge on any atom is -0.375 e. The van der Waals surface area contributed by atoms with E-state index in [1.54, 1.807) is 7.11 Å². The number of aromatic nitrogens is 1. The standard InChI is InChI=1S/C15H22N2O2/c1-12-5-3-7-14(16-12)9-13-6-4-8-17(10-13)15(18)11-19-2/h3,5,7,13H,4,6,8-11H2,1-2H3/t13-/m1/s1. The molecule has 1 fully saturated rings. The van der Waals surface area contributed by atoms with Crippen LogP contribution in [0.3, 0.4) is 0 Å². The van der Waals surface area contributed by atoms with Gasteiger partial charge in [-0.2, -0.15) is 0 Å². The number of ether oxygens (including phenoxy) is 1. The predicted octanol–water partition coefficient (Wildman–Crippen LogP) is 1.82. The van der Waals surface area contributed by atoms with E-state index in [9.17, 15) is 4.79 Å². The molecule has 0 unspecified atom stereocenters. The van der Waals surface area contributed by atoms with E-state index in [0.717, 1.165) is 37.3 Å². The van der Waals surface area contributed by atoms with Gasteiger partial charge in [-0.15, -0.1) is 0 Å². The first-order chi connectivity index (χ1) is 9.19. The molecular weight excluding hydrogens is 240 g/mol. The van der Waals surface area contributed by atoms with Gasteiger partial charge in [0.25, 0.3) is 0 Å². The summed E-state index contributed by atoms with van der Waals surface area (Å²) in [7, 11) is 1.57. The predicted molar refractivity (Wildman–Crippen MR) is 73.9 cm³/mol. The maximum atomic E-state index is 11.8. The van der Waals surface area contributed by atoms with E-state index in [-0.39, 0.29) is 12.5 Å². The van der Waals surface area contributed by atoms with Crippen molar-refractivity contribution in [2.45, 2.75) is 26.2 Å². The molecule has 1 amide bonds. The van der Waals surface area contributed by atoms with Crippen LogP contribution in [0.2, 0.25) is 0 Å². The molecule has 0 N–H and O–H groups in total. The highest BCUT2D eigenvalue weighted by molar-refractivity contribution is 5.77. The third-order valence-corrected chi connectivity index (χ3v) is 3.58. The number of nitrogens with zero attached hydrogens (tertiary/aromatic N) is 2. The molecule has 2 heterocycles. The molecule has 0 bridgehead atoms. The summed E-state index contributed by atoms with van der Waals surface area (Å²) in [5.74, 6) is 0.619. The van der Waals surface area contributed by atoms with E-state index >= 15 is 0 Å². The van der Waals surface area contributed by atoms with Crippen molar-refractivity contribution in [3.8, 4) is 0 Å². The highest BCUT2D eigenvalue weighted by Gasteiger charge is 2.23. The molecule has 1 aromatic rings. The van der Waals surface area contributed by atoms with E-state index in [1.165, 1.54) is 6.42 Å². The van der Waals surface area contributed by atoms with Gasteiger partial charge < -0.3 is 9.64 Å². The van der Waals surface area contributed by atoms with Crippen LogP contribution >= 0.6 is 0 Å². The lowest BCUT2D eigenvalue weighted by atomic mass is 9.93. The summed E-state index contributed by atoms with van der Waals surface area (Å²) in [5, 5.41) is 0. The van der Waals surface area contributed by atoms with Crippen LogP contribution in [0.15, 0.2) is 18.2 Å². The number of likely N-dealkylation sites (tertiary alicyclic amines) is 1. The molecule has 1 saturated heterocycles. The van der Waals surface area contributed by atoms with Gasteiger partial charge in [-0.25, -0.2) is 0 Å². The summed E-state index contributed by atoms with van der Waals surface area (Å²) in [6.45, 7) is 3.89. The van der Waals surface area contributed by atoms with Gasteiger partial charge in [-0.3, -0.25) is 9.78 Å². The Morgan fingerprint density at radius 2 is 2.37 bits per heavy atom. The summed E-state index contributed by atoms with van der Waals surface area (Å²) < 4.78 is 4.92. The zero-order chi connectivity index (χ0) is 13.7. The lowest BCUT2D eigenvalue weighted by Gasteiger charge is -2.32. The first-order valence-corrected chi connectivity index (χ1v) is 6.88. The van der Waals surface area contributed by atoms with Crippen LogP contribution in [-0.2, 0) is 16.0 Å². The maximum Gasteiger partial charge on any atom is 0.248 e. The van der Waals surface area contributed by atoms with Crippen molar-refractivity contribution in [2.24, 2.45) is 5.92 Å². The number of hydrogen-bond acceptors (Lipinski definition) is 3. The Balaban J connectivity index is 1.92. The fourth-order valence-electron chi connectivity index (χ4n) is 2.68. The van der Waals surface area contributed by atoms with E-state index in [2.05, 4.69) is 11.1 Å². The quantitative estimate of drug-likeness (QED) is 0.831. The van der Waals surface area contributed by atoms with Crippen LogP contribution in [0.1, 0.15) is 24.2 Å². The van der Waals surface area contributed by atoms with Crippen molar-refractivity contribution in [2.75, 3.05) is 26.8 Å². The van der Waals surface area contributed by atoms with Gasteiger partial charge in [-0.05, 0) is 44.2 Å². The Bertz CT molecular complexity index is 434. The maximum absolute atomic E-state index is 11.8. The van der Waals surface area contributed by atoms with Crippen molar-refractivity contribution in [1.82, 2.24) is 9.88 Å². The van der Waals surface area contributed by atoms with Gasteiger partial charge in [0, 0.05) is 31.6 Å². The lowest BCUT2D eigenvalue weighted by Crippen LogP contribution is -2.42. The van der Waals surface area contributed by atoms with Crippen molar-refractivity contribution < 1.29 is 9.53 Å². The molecule has 0 aliphatic carbocycles. The Morgan fingerprint density at radius 3 is 3.11 bits per heavy atom. The zero-order valence-electron chi connectivity index (χ0n) is 11.8. The number of amides is 1. The molecule has 0 saturated carbocycles. The van der Waals surface area contributed by atoms with Crippen LogP contribution in [-0.4, -0.2) is 42.6 Å². The van der Waals surface area contributed by atoms with Gasteiger partial charge in [-0.1, -0.05) is 6.07 Å². The lowest BCUT2D eigenvalue weighted by molar-refractivity contribution is -0.136. The fraction of sp³-hybridized carbons (Fsp3) is 0.600. The molecule has 104 valence electrons. The molecule has 1 aliphatic heterocycles. The summed E-state index contributed by atoms with van der Waals surface area (Å²) in [6, 6.07) is 6.13. The molecule has 2 rings (SSSR count). The van der Waals surface area contributed by atoms with Crippen molar-refractivity contribution in [3.05, 3.63) is 29.6 Å². The normalized spacial score (nSPS) is 19.5. The monoisotopic (exact) mass is 262 g/mol. The minimum absolute atomic E-state index is 0.101. The second-order valence-electron chi connectivity index (χ2n) is 5.26. The molecule has 1 atom stereocenters. The van der Waals surface area contributed by atoms with Crippen LogP contribution < -0.4 is 0 Å². The van der Waals surface area contributed by atoms with Crippen molar-refractivity contribution in [3.63, 3.8) is 0 Å². The summed E-state index contributed by atoms with van der Waals surface area (Å²) >= 11 is 0. The second kappa shape index (κ2) is 6.66. The van der Waals surface area contributed by atoms with Crippen LogP contribution in [0, 0.1) is 12.8 Å². The van der Waals surface area contributed by atoms with E-state index in [4.69, 9.17) is 4.74 Å². The van der Waals surface area contributed by atoms with Gasteiger partial charge in [0.2, 0.25) is 5.91 Å². The Morgan fingerprint density at radius 1 is 1.53 bits per heavy atom. The van der Waals surface area contributed by atoms with E-state index in [1.807, 2.05) is 24.0 Å². The summed E-state index contributed by atoms with van der Waals surface area (Å²) in [5.41, 5.74) is 2.19. The molecule has 4 heteroatoms. The number of hydrogen-bond donors (Lipinski definition) is 0. The van der Waals surface area contributed by atoms with Crippen molar-refractivity contribution >= 4 is 5.91 Å². The van der Waals surface area contributed by atoms with Gasteiger partial charge in [0.15, 0.2) is 0 Å². The van der Waals surface area contributed by atoms with Gasteiger partial charge in [0.05, 0.1) is 0 Å². The number of rotatable bonds is 4. The molecule has 4 nitrogen and oxygen atoms in total. The molecule has 0 radical (unpaired) electrons. The van der Waals surface area contributed by atoms with E-state index in [0.29, 0.717) is 5.92 Å². The molecule has 0 spiro atoms. The average Bonchev–Trinajstić information content (AvgIpc) is 2.39. The molecule has 1 aromatic heterocycles. The molecule has 19 heavy (non-hydrogen) atoms. The van der Waals surface area contributed by atoms with E-state index < -0.39 is 0 Å². The second-order valence-corrected chi connectivity index (χ2v) is 5.26.